The summed E-state index contributed by atoms with van der Waals surface area (Å²) < 4.78 is 17.9. The van der Waals surface area contributed by atoms with Gasteiger partial charge in [0.1, 0.15) is 11.6 Å². The molecule has 1 aromatic heterocycles. The lowest BCUT2D eigenvalue weighted by molar-refractivity contribution is 0.104. The summed E-state index contributed by atoms with van der Waals surface area (Å²) in [5, 5.41) is 0. The second-order valence-corrected chi connectivity index (χ2v) is 4.11. The molecule has 0 amide bonds. The SMILES string of the molecule is CC(/C=C/C(=O)c1ccc(F)cc1)=C\c1ccco1. The minimum absolute atomic E-state index is 0.160. The number of carbonyl (C=O) groups is 1. The third kappa shape index (κ3) is 3.78. The highest BCUT2D eigenvalue weighted by Gasteiger charge is 2.01. The van der Waals surface area contributed by atoms with Gasteiger partial charge in [0.2, 0.25) is 0 Å². The van der Waals surface area contributed by atoms with E-state index in [4.69, 9.17) is 4.42 Å². The molecule has 0 aliphatic heterocycles. The molecule has 2 nitrogen and oxygen atoms in total. The van der Waals surface area contributed by atoms with E-state index in [1.165, 1.54) is 30.3 Å². The van der Waals surface area contributed by atoms with Gasteiger partial charge < -0.3 is 4.42 Å². The van der Waals surface area contributed by atoms with E-state index >= 15 is 0 Å². The average Bonchev–Trinajstić information content (AvgIpc) is 2.89. The summed E-state index contributed by atoms with van der Waals surface area (Å²) >= 11 is 0. The highest BCUT2D eigenvalue weighted by molar-refractivity contribution is 6.04. The molecule has 2 rings (SSSR count). The van der Waals surface area contributed by atoms with Crippen LogP contribution in [-0.4, -0.2) is 5.78 Å². The highest BCUT2D eigenvalue weighted by Crippen LogP contribution is 2.09. The first-order chi connectivity index (χ1) is 9.15. The molecule has 96 valence electrons. The van der Waals surface area contributed by atoms with Gasteiger partial charge in [-0.1, -0.05) is 6.08 Å². The van der Waals surface area contributed by atoms with Gasteiger partial charge in [-0.3, -0.25) is 4.79 Å². The van der Waals surface area contributed by atoms with Gasteiger partial charge in [0.15, 0.2) is 5.78 Å². The summed E-state index contributed by atoms with van der Waals surface area (Å²) in [5.74, 6) is 0.220. The predicted octanol–water partition coefficient (Wildman–Crippen LogP) is 4.26. The van der Waals surface area contributed by atoms with Crippen LogP contribution in [0.15, 0.2) is 64.8 Å². The molecule has 0 aliphatic carbocycles. The molecule has 0 unspecified atom stereocenters. The van der Waals surface area contributed by atoms with Crippen molar-refractivity contribution in [2.45, 2.75) is 6.92 Å². The lowest BCUT2D eigenvalue weighted by atomic mass is 10.1. The number of hydrogen-bond donors (Lipinski definition) is 0. The normalized spacial score (nSPS) is 12.0. The summed E-state index contributed by atoms with van der Waals surface area (Å²) in [6, 6.07) is 9.10. The Morgan fingerprint density at radius 3 is 2.53 bits per heavy atom. The van der Waals surface area contributed by atoms with Gasteiger partial charge in [-0.2, -0.15) is 0 Å². The van der Waals surface area contributed by atoms with E-state index in [1.807, 2.05) is 19.1 Å². The number of carbonyl (C=O) groups excluding carboxylic acids is 1. The molecule has 19 heavy (non-hydrogen) atoms. The number of benzene rings is 1. The van der Waals surface area contributed by atoms with Crippen molar-refractivity contribution >= 4 is 11.9 Å². The molecule has 3 heteroatoms. The van der Waals surface area contributed by atoms with Gasteiger partial charge >= 0.3 is 0 Å². The molecule has 0 aliphatic rings. The van der Waals surface area contributed by atoms with Crippen molar-refractivity contribution < 1.29 is 13.6 Å². The zero-order valence-electron chi connectivity index (χ0n) is 10.5. The van der Waals surface area contributed by atoms with Gasteiger partial charge in [-0.25, -0.2) is 4.39 Å². The van der Waals surface area contributed by atoms with Crippen LogP contribution in [0.25, 0.3) is 6.08 Å². The summed E-state index contributed by atoms with van der Waals surface area (Å²) in [6.07, 6.45) is 6.58. The molecule has 0 bridgehead atoms. The Balaban J connectivity index is 2.06. The maximum absolute atomic E-state index is 12.7. The third-order valence-electron chi connectivity index (χ3n) is 2.54. The molecule has 0 saturated carbocycles. The molecule has 0 saturated heterocycles. The van der Waals surface area contributed by atoms with E-state index in [1.54, 1.807) is 18.4 Å². The summed E-state index contributed by atoms with van der Waals surface area (Å²) in [6.45, 7) is 1.87. The van der Waals surface area contributed by atoms with Crippen LogP contribution in [0.5, 0.6) is 0 Å². The van der Waals surface area contributed by atoms with E-state index in [9.17, 15) is 9.18 Å². The first-order valence-corrected chi connectivity index (χ1v) is 5.85. The summed E-state index contributed by atoms with van der Waals surface area (Å²) in [5.41, 5.74) is 1.36. The third-order valence-corrected chi connectivity index (χ3v) is 2.54. The Hall–Kier alpha value is -2.42. The minimum atomic E-state index is -0.352. The van der Waals surface area contributed by atoms with Crippen molar-refractivity contribution in [2.75, 3.05) is 0 Å². The lowest BCUT2D eigenvalue weighted by Crippen LogP contribution is -1.93. The zero-order valence-corrected chi connectivity index (χ0v) is 10.5. The number of ketones is 1. The molecular formula is C16H13FO2. The molecule has 2 aromatic rings. The van der Waals surface area contributed by atoms with Crippen molar-refractivity contribution in [3.8, 4) is 0 Å². The van der Waals surface area contributed by atoms with Crippen molar-refractivity contribution in [2.24, 2.45) is 0 Å². The molecule has 0 atom stereocenters. The number of allylic oxidation sites excluding steroid dienone is 3. The van der Waals surface area contributed by atoms with Crippen molar-refractivity contribution in [3.05, 3.63) is 77.5 Å². The van der Waals surface area contributed by atoms with Crippen molar-refractivity contribution in [1.29, 1.82) is 0 Å². The first kappa shape index (κ1) is 13.0. The topological polar surface area (TPSA) is 30.2 Å². The van der Waals surface area contributed by atoms with Crippen molar-refractivity contribution in [3.63, 3.8) is 0 Å². The Labute approximate surface area is 110 Å². The fourth-order valence-electron chi connectivity index (χ4n) is 1.56. The minimum Gasteiger partial charge on any atom is -0.465 e. The van der Waals surface area contributed by atoms with Crippen LogP contribution >= 0.6 is 0 Å². The van der Waals surface area contributed by atoms with Crippen LogP contribution in [0.4, 0.5) is 4.39 Å². The Morgan fingerprint density at radius 2 is 1.89 bits per heavy atom. The maximum atomic E-state index is 12.7. The first-order valence-electron chi connectivity index (χ1n) is 5.85. The van der Waals surface area contributed by atoms with Gasteiger partial charge in [0, 0.05) is 5.56 Å². The van der Waals surface area contributed by atoms with Crippen LogP contribution in [0.3, 0.4) is 0 Å². The van der Waals surface area contributed by atoms with Gasteiger partial charge in [0.05, 0.1) is 6.26 Å². The lowest BCUT2D eigenvalue weighted by Gasteiger charge is -1.95. The number of halogens is 1. The molecule has 0 N–H and O–H groups in total. The van der Waals surface area contributed by atoms with Crippen LogP contribution < -0.4 is 0 Å². The second kappa shape index (κ2) is 5.96. The molecule has 1 heterocycles. The van der Waals surface area contributed by atoms with E-state index in [-0.39, 0.29) is 11.6 Å². The molecule has 0 fully saturated rings. The van der Waals surface area contributed by atoms with E-state index in [0.717, 1.165) is 11.3 Å². The number of rotatable bonds is 4. The fourth-order valence-corrected chi connectivity index (χ4v) is 1.56. The van der Waals surface area contributed by atoms with Crippen molar-refractivity contribution in [1.82, 2.24) is 0 Å². The van der Waals surface area contributed by atoms with Gasteiger partial charge in [-0.15, -0.1) is 0 Å². The Bertz CT molecular complexity index is 605. The molecular weight excluding hydrogens is 243 g/mol. The quantitative estimate of drug-likeness (QED) is 0.465. The average molecular weight is 256 g/mol. The van der Waals surface area contributed by atoms with Gasteiger partial charge in [-0.05, 0) is 61.0 Å². The maximum Gasteiger partial charge on any atom is 0.185 e. The molecule has 0 radical (unpaired) electrons. The summed E-state index contributed by atoms with van der Waals surface area (Å²) in [4.78, 5) is 11.8. The van der Waals surface area contributed by atoms with E-state index in [2.05, 4.69) is 0 Å². The standard InChI is InChI=1S/C16H13FO2/c1-12(11-15-3-2-10-19-15)4-9-16(18)13-5-7-14(17)8-6-13/h2-11H,1H3/b9-4+,12-11+. The van der Waals surface area contributed by atoms with E-state index in [0.29, 0.717) is 5.56 Å². The Morgan fingerprint density at radius 1 is 1.16 bits per heavy atom. The molecule has 1 aromatic carbocycles. The smallest absolute Gasteiger partial charge is 0.185 e. The highest BCUT2D eigenvalue weighted by atomic mass is 19.1. The van der Waals surface area contributed by atoms with Crippen LogP contribution in [-0.2, 0) is 0 Å². The zero-order chi connectivity index (χ0) is 13.7. The Kier molecular flexibility index (Phi) is 4.08. The van der Waals surface area contributed by atoms with Crippen LogP contribution in [0.1, 0.15) is 23.0 Å². The monoisotopic (exact) mass is 256 g/mol. The van der Waals surface area contributed by atoms with Crippen LogP contribution in [0.2, 0.25) is 0 Å². The second-order valence-electron chi connectivity index (χ2n) is 4.11. The largest absolute Gasteiger partial charge is 0.465 e. The predicted molar refractivity (Wildman–Crippen MR) is 72.2 cm³/mol. The van der Waals surface area contributed by atoms with Gasteiger partial charge in [0.25, 0.3) is 0 Å². The summed E-state index contributed by atoms with van der Waals surface area (Å²) in [7, 11) is 0. The van der Waals surface area contributed by atoms with Crippen LogP contribution in [0, 0.1) is 5.82 Å². The fraction of sp³-hybridized carbons (Fsp3) is 0.0625. The van der Waals surface area contributed by atoms with E-state index < -0.39 is 0 Å². The molecule has 0 spiro atoms. The number of furan rings is 1. The number of hydrogen-bond acceptors (Lipinski definition) is 2.